The summed E-state index contributed by atoms with van der Waals surface area (Å²) in [5.41, 5.74) is 1.14. The molecule has 0 unspecified atom stereocenters. The van der Waals surface area contributed by atoms with Crippen LogP contribution in [0.4, 0.5) is 0 Å². The van der Waals surface area contributed by atoms with Crippen LogP contribution in [0, 0.1) is 0 Å². The van der Waals surface area contributed by atoms with Crippen LogP contribution in [0.3, 0.4) is 0 Å². The van der Waals surface area contributed by atoms with Crippen molar-refractivity contribution >= 4 is 5.91 Å². The van der Waals surface area contributed by atoms with E-state index in [1.807, 2.05) is 30.3 Å². The van der Waals surface area contributed by atoms with Gasteiger partial charge in [-0.3, -0.25) is 4.79 Å². The van der Waals surface area contributed by atoms with E-state index in [1.165, 1.54) is 0 Å². The quantitative estimate of drug-likeness (QED) is 0.709. The van der Waals surface area contributed by atoms with Crippen LogP contribution in [-0.2, 0) is 11.3 Å². The standard InChI is InChI=1S/C14H22N2O/c1-12(2)15-10-6-9-14(17)16-11-13-7-4-3-5-8-13/h3-5,7-8,12,15H,6,9-11H2,1-2H3,(H,16,17). The lowest BCUT2D eigenvalue weighted by Crippen LogP contribution is -2.27. The molecule has 1 aromatic rings. The third-order valence-electron chi connectivity index (χ3n) is 2.47. The van der Waals surface area contributed by atoms with Crippen LogP contribution in [-0.4, -0.2) is 18.5 Å². The largest absolute Gasteiger partial charge is 0.352 e. The van der Waals surface area contributed by atoms with Crippen LogP contribution >= 0.6 is 0 Å². The Kier molecular flexibility index (Phi) is 6.33. The van der Waals surface area contributed by atoms with Crippen LogP contribution in [0.5, 0.6) is 0 Å². The highest BCUT2D eigenvalue weighted by Crippen LogP contribution is 1.98. The molecule has 0 saturated heterocycles. The highest BCUT2D eigenvalue weighted by Gasteiger charge is 2.01. The molecule has 0 aromatic heterocycles. The number of carbonyl (C=O) groups is 1. The molecule has 0 aliphatic rings. The summed E-state index contributed by atoms with van der Waals surface area (Å²) in [6, 6.07) is 10.5. The summed E-state index contributed by atoms with van der Waals surface area (Å²) < 4.78 is 0. The van der Waals surface area contributed by atoms with Crippen molar-refractivity contribution in [3.63, 3.8) is 0 Å². The molecule has 1 rings (SSSR count). The van der Waals surface area contributed by atoms with E-state index in [2.05, 4.69) is 24.5 Å². The van der Waals surface area contributed by atoms with Crippen molar-refractivity contribution in [1.82, 2.24) is 10.6 Å². The van der Waals surface area contributed by atoms with E-state index < -0.39 is 0 Å². The Balaban J connectivity index is 2.09. The van der Waals surface area contributed by atoms with Gasteiger partial charge in [0.25, 0.3) is 0 Å². The Labute approximate surface area is 104 Å². The van der Waals surface area contributed by atoms with Crippen molar-refractivity contribution in [2.24, 2.45) is 0 Å². The van der Waals surface area contributed by atoms with Gasteiger partial charge in [-0.1, -0.05) is 44.2 Å². The molecule has 0 saturated carbocycles. The molecule has 0 spiro atoms. The Bertz CT molecular complexity index is 322. The second-order valence-electron chi connectivity index (χ2n) is 4.47. The zero-order chi connectivity index (χ0) is 12.5. The van der Waals surface area contributed by atoms with Gasteiger partial charge in [0.15, 0.2) is 0 Å². The topological polar surface area (TPSA) is 41.1 Å². The van der Waals surface area contributed by atoms with Crippen molar-refractivity contribution < 1.29 is 4.79 Å². The molecular formula is C14H22N2O. The fraction of sp³-hybridized carbons (Fsp3) is 0.500. The molecule has 3 heteroatoms. The van der Waals surface area contributed by atoms with Gasteiger partial charge in [-0.15, -0.1) is 0 Å². The summed E-state index contributed by atoms with van der Waals surface area (Å²) in [4.78, 5) is 11.5. The number of nitrogens with one attached hydrogen (secondary N) is 2. The molecule has 0 bridgehead atoms. The smallest absolute Gasteiger partial charge is 0.220 e. The maximum atomic E-state index is 11.5. The van der Waals surface area contributed by atoms with E-state index in [1.54, 1.807) is 0 Å². The molecule has 0 atom stereocenters. The normalized spacial score (nSPS) is 10.5. The van der Waals surface area contributed by atoms with E-state index in [9.17, 15) is 4.79 Å². The molecule has 0 aliphatic carbocycles. The summed E-state index contributed by atoms with van der Waals surface area (Å²) in [5, 5.41) is 6.21. The fourth-order valence-corrected chi connectivity index (χ4v) is 1.52. The Hall–Kier alpha value is -1.35. The maximum Gasteiger partial charge on any atom is 0.220 e. The third-order valence-corrected chi connectivity index (χ3v) is 2.47. The van der Waals surface area contributed by atoms with E-state index in [-0.39, 0.29) is 5.91 Å². The van der Waals surface area contributed by atoms with Crippen molar-refractivity contribution in [3.05, 3.63) is 35.9 Å². The molecule has 2 N–H and O–H groups in total. The lowest BCUT2D eigenvalue weighted by Gasteiger charge is -2.08. The highest BCUT2D eigenvalue weighted by atomic mass is 16.1. The van der Waals surface area contributed by atoms with E-state index >= 15 is 0 Å². The predicted octanol–water partition coefficient (Wildman–Crippen LogP) is 2.08. The number of hydrogen-bond acceptors (Lipinski definition) is 2. The molecule has 1 aromatic carbocycles. The van der Waals surface area contributed by atoms with Crippen molar-refractivity contribution in [2.75, 3.05) is 6.54 Å². The van der Waals surface area contributed by atoms with E-state index in [0.29, 0.717) is 19.0 Å². The second-order valence-corrected chi connectivity index (χ2v) is 4.47. The molecular weight excluding hydrogens is 212 g/mol. The zero-order valence-electron chi connectivity index (χ0n) is 10.7. The molecule has 0 heterocycles. The van der Waals surface area contributed by atoms with Gasteiger partial charge in [-0.25, -0.2) is 0 Å². The summed E-state index contributed by atoms with van der Waals surface area (Å²) in [6.07, 6.45) is 1.48. The fourth-order valence-electron chi connectivity index (χ4n) is 1.52. The van der Waals surface area contributed by atoms with Crippen LogP contribution < -0.4 is 10.6 Å². The molecule has 0 aliphatic heterocycles. The summed E-state index contributed by atoms with van der Waals surface area (Å²) in [5.74, 6) is 0.124. The lowest BCUT2D eigenvalue weighted by molar-refractivity contribution is -0.121. The minimum absolute atomic E-state index is 0.124. The van der Waals surface area contributed by atoms with Gasteiger partial charge in [-0.05, 0) is 18.5 Å². The van der Waals surface area contributed by atoms with E-state index in [4.69, 9.17) is 0 Å². The molecule has 1 amide bonds. The van der Waals surface area contributed by atoms with Gasteiger partial charge in [0.2, 0.25) is 5.91 Å². The number of carbonyl (C=O) groups excluding carboxylic acids is 1. The van der Waals surface area contributed by atoms with Gasteiger partial charge in [0.1, 0.15) is 0 Å². The van der Waals surface area contributed by atoms with Gasteiger partial charge in [0.05, 0.1) is 0 Å². The SMILES string of the molecule is CC(C)NCCCC(=O)NCc1ccccc1. The molecule has 17 heavy (non-hydrogen) atoms. The minimum Gasteiger partial charge on any atom is -0.352 e. The Morgan fingerprint density at radius 1 is 1.24 bits per heavy atom. The highest BCUT2D eigenvalue weighted by molar-refractivity contribution is 5.75. The number of rotatable bonds is 7. The monoisotopic (exact) mass is 234 g/mol. The Morgan fingerprint density at radius 2 is 1.94 bits per heavy atom. The predicted molar refractivity (Wildman–Crippen MR) is 70.7 cm³/mol. The second kappa shape index (κ2) is 7.85. The first-order valence-corrected chi connectivity index (χ1v) is 6.22. The number of hydrogen-bond donors (Lipinski definition) is 2. The average molecular weight is 234 g/mol. The van der Waals surface area contributed by atoms with Crippen LogP contribution in [0.25, 0.3) is 0 Å². The van der Waals surface area contributed by atoms with Crippen LogP contribution in [0.1, 0.15) is 32.3 Å². The molecule has 0 fully saturated rings. The summed E-state index contributed by atoms with van der Waals surface area (Å²) in [7, 11) is 0. The average Bonchev–Trinajstić information content (AvgIpc) is 2.33. The molecule has 94 valence electrons. The van der Waals surface area contributed by atoms with Gasteiger partial charge in [0, 0.05) is 19.0 Å². The molecule has 3 nitrogen and oxygen atoms in total. The molecule has 0 radical (unpaired) electrons. The maximum absolute atomic E-state index is 11.5. The van der Waals surface area contributed by atoms with Gasteiger partial charge >= 0.3 is 0 Å². The Morgan fingerprint density at radius 3 is 2.59 bits per heavy atom. The zero-order valence-corrected chi connectivity index (χ0v) is 10.7. The first-order chi connectivity index (χ1) is 8.18. The lowest BCUT2D eigenvalue weighted by atomic mass is 10.2. The van der Waals surface area contributed by atoms with Crippen LogP contribution in [0.15, 0.2) is 30.3 Å². The van der Waals surface area contributed by atoms with Crippen molar-refractivity contribution in [3.8, 4) is 0 Å². The third kappa shape index (κ3) is 6.74. The summed E-state index contributed by atoms with van der Waals surface area (Å²) >= 11 is 0. The number of amides is 1. The first-order valence-electron chi connectivity index (χ1n) is 6.22. The minimum atomic E-state index is 0.124. The number of benzene rings is 1. The van der Waals surface area contributed by atoms with Crippen LogP contribution in [0.2, 0.25) is 0 Å². The van der Waals surface area contributed by atoms with E-state index in [0.717, 1.165) is 18.5 Å². The van der Waals surface area contributed by atoms with Crippen molar-refractivity contribution in [2.45, 2.75) is 39.3 Å². The first kappa shape index (κ1) is 13.7. The van der Waals surface area contributed by atoms with Gasteiger partial charge in [-0.2, -0.15) is 0 Å². The van der Waals surface area contributed by atoms with Gasteiger partial charge < -0.3 is 10.6 Å². The summed E-state index contributed by atoms with van der Waals surface area (Å²) in [6.45, 7) is 5.73. The van der Waals surface area contributed by atoms with Crippen molar-refractivity contribution in [1.29, 1.82) is 0 Å².